The highest BCUT2D eigenvalue weighted by Crippen LogP contribution is 2.37. The molecule has 0 radical (unpaired) electrons. The Hall–Kier alpha value is -2.70. The second kappa shape index (κ2) is 8.12. The van der Waals surface area contributed by atoms with Crippen molar-refractivity contribution in [2.24, 2.45) is 11.7 Å². The predicted molar refractivity (Wildman–Crippen MR) is 91.3 cm³/mol. The average Bonchev–Trinajstić information content (AvgIpc) is 3.16. The van der Waals surface area contributed by atoms with Crippen LogP contribution in [0.4, 0.5) is 10.6 Å². The number of hydrogen-bond acceptors (Lipinski definition) is 11. The molecule has 2 fully saturated rings. The summed E-state index contributed by atoms with van der Waals surface area (Å²) in [6.07, 6.45) is -2.80. The Kier molecular flexibility index (Phi) is 5.82. The van der Waals surface area contributed by atoms with E-state index in [2.05, 4.69) is 4.98 Å². The molecule has 2 aliphatic rings. The molecule has 1 aromatic rings. The van der Waals surface area contributed by atoms with Gasteiger partial charge in [-0.3, -0.25) is 20.0 Å². The number of anilines is 1. The summed E-state index contributed by atoms with van der Waals surface area (Å²) in [7, 11) is 0. The fraction of sp³-hybridized carbons (Fsp3) is 0.625. The van der Waals surface area contributed by atoms with Gasteiger partial charge in [0.15, 0.2) is 24.3 Å². The van der Waals surface area contributed by atoms with Gasteiger partial charge in [0.05, 0.1) is 0 Å². The minimum Gasteiger partial charge on any atom is -0.462 e. The fourth-order valence-electron chi connectivity index (χ4n) is 3.13. The van der Waals surface area contributed by atoms with E-state index in [9.17, 15) is 14.4 Å². The van der Waals surface area contributed by atoms with E-state index < -0.39 is 48.4 Å². The van der Waals surface area contributed by atoms with Crippen molar-refractivity contribution < 1.29 is 33.7 Å². The smallest absolute Gasteiger partial charge is 0.462 e. The molecule has 2 saturated heterocycles. The van der Waals surface area contributed by atoms with E-state index in [-0.39, 0.29) is 18.3 Å². The SMILES string of the molecule is CC(C)C[C@H](N)C(=O)OC[C@H]1O[C@@H](n2ccc(NO)nc2=O)[C@@H]2OC(=O)O[C@@H]21. The summed E-state index contributed by atoms with van der Waals surface area (Å²) >= 11 is 0. The van der Waals surface area contributed by atoms with E-state index in [1.807, 2.05) is 13.8 Å². The number of nitrogens with zero attached hydrogens (tertiary/aromatic N) is 2. The monoisotopic (exact) mass is 398 g/mol. The lowest BCUT2D eigenvalue weighted by Gasteiger charge is -2.19. The molecule has 0 aromatic carbocycles. The van der Waals surface area contributed by atoms with Crippen LogP contribution in [0.25, 0.3) is 0 Å². The molecule has 3 rings (SSSR count). The summed E-state index contributed by atoms with van der Waals surface area (Å²) in [6, 6.07) is 0.552. The largest absolute Gasteiger partial charge is 0.509 e. The van der Waals surface area contributed by atoms with Crippen molar-refractivity contribution in [3.05, 3.63) is 22.7 Å². The highest BCUT2D eigenvalue weighted by atomic mass is 16.8. The van der Waals surface area contributed by atoms with Crippen LogP contribution in [0.3, 0.4) is 0 Å². The Morgan fingerprint density at radius 1 is 1.39 bits per heavy atom. The summed E-state index contributed by atoms with van der Waals surface area (Å²) in [5.41, 5.74) is 6.80. The number of aromatic nitrogens is 2. The van der Waals surface area contributed by atoms with Crippen molar-refractivity contribution in [2.45, 2.75) is 50.8 Å². The Balaban J connectivity index is 1.71. The number of hydrogen-bond donors (Lipinski definition) is 3. The first kappa shape index (κ1) is 20.0. The molecule has 0 amide bonds. The molecular weight excluding hydrogens is 376 g/mol. The zero-order chi connectivity index (χ0) is 20.4. The van der Waals surface area contributed by atoms with E-state index in [1.165, 1.54) is 12.3 Å². The number of carbonyl (C=O) groups excluding carboxylic acids is 2. The zero-order valence-corrected chi connectivity index (χ0v) is 15.3. The maximum Gasteiger partial charge on any atom is 0.509 e. The summed E-state index contributed by atoms with van der Waals surface area (Å²) in [6.45, 7) is 3.64. The molecule has 4 N–H and O–H groups in total. The first-order chi connectivity index (χ1) is 13.3. The lowest BCUT2D eigenvalue weighted by molar-refractivity contribution is -0.152. The Morgan fingerprint density at radius 2 is 2.11 bits per heavy atom. The van der Waals surface area contributed by atoms with Crippen LogP contribution < -0.4 is 16.9 Å². The Bertz CT molecular complexity index is 797. The second-order valence-corrected chi connectivity index (χ2v) is 6.96. The quantitative estimate of drug-likeness (QED) is 0.410. The summed E-state index contributed by atoms with van der Waals surface area (Å²) in [4.78, 5) is 39.3. The number of fused-ring (bicyclic) bond motifs is 1. The van der Waals surface area contributed by atoms with Gasteiger partial charge in [0.2, 0.25) is 0 Å². The van der Waals surface area contributed by atoms with E-state index >= 15 is 0 Å². The fourth-order valence-corrected chi connectivity index (χ4v) is 3.13. The van der Waals surface area contributed by atoms with Crippen molar-refractivity contribution in [3.63, 3.8) is 0 Å². The number of nitrogens with one attached hydrogen (secondary N) is 1. The van der Waals surface area contributed by atoms with Crippen molar-refractivity contribution in [2.75, 3.05) is 12.1 Å². The van der Waals surface area contributed by atoms with Crippen molar-refractivity contribution >= 4 is 17.9 Å². The van der Waals surface area contributed by atoms with Crippen LogP contribution in [0.15, 0.2) is 17.1 Å². The van der Waals surface area contributed by atoms with E-state index in [0.717, 1.165) is 4.57 Å². The lowest BCUT2D eigenvalue weighted by atomic mass is 10.1. The molecule has 154 valence electrons. The summed E-state index contributed by atoms with van der Waals surface area (Å²) < 4.78 is 22.2. The molecule has 12 heteroatoms. The van der Waals surface area contributed by atoms with Gasteiger partial charge in [-0.05, 0) is 18.4 Å². The van der Waals surface area contributed by atoms with Crippen LogP contribution in [-0.4, -0.2) is 57.8 Å². The zero-order valence-electron chi connectivity index (χ0n) is 15.3. The lowest BCUT2D eigenvalue weighted by Crippen LogP contribution is -2.38. The molecule has 0 saturated carbocycles. The van der Waals surface area contributed by atoms with Crippen molar-refractivity contribution in [1.29, 1.82) is 0 Å². The normalized spacial score (nSPS) is 27.1. The standard InChI is InChI=1S/C16H22N4O8/c1-7(2)5-8(17)14(21)25-6-9-11-12(28-16(23)27-11)13(26-9)20-4-3-10(19-24)18-15(20)22/h3-4,7-9,11-13,24H,5-6,17H2,1-2H3,(H,18,19,22)/t8-,9+,11+,12+,13+/m0/s1. The average molecular weight is 398 g/mol. The third-order valence-electron chi connectivity index (χ3n) is 4.39. The number of esters is 1. The van der Waals surface area contributed by atoms with Gasteiger partial charge in [-0.2, -0.15) is 4.98 Å². The van der Waals surface area contributed by atoms with Crippen molar-refractivity contribution in [1.82, 2.24) is 9.55 Å². The molecular formula is C16H22N4O8. The number of rotatable bonds is 7. The molecule has 3 heterocycles. The third-order valence-corrected chi connectivity index (χ3v) is 4.39. The van der Waals surface area contributed by atoms with E-state index in [4.69, 9.17) is 29.9 Å². The molecule has 28 heavy (non-hydrogen) atoms. The van der Waals surface area contributed by atoms with Crippen LogP contribution in [0.1, 0.15) is 26.5 Å². The van der Waals surface area contributed by atoms with Crippen LogP contribution in [-0.2, 0) is 23.7 Å². The first-order valence-corrected chi connectivity index (χ1v) is 8.74. The van der Waals surface area contributed by atoms with Gasteiger partial charge in [-0.1, -0.05) is 13.8 Å². The molecule has 2 aliphatic heterocycles. The van der Waals surface area contributed by atoms with Crippen LogP contribution in [0.5, 0.6) is 0 Å². The van der Waals surface area contributed by atoms with Gasteiger partial charge >= 0.3 is 17.8 Å². The predicted octanol–water partition coefficient (Wildman–Crippen LogP) is -0.238. The van der Waals surface area contributed by atoms with Gasteiger partial charge in [-0.15, -0.1) is 0 Å². The molecule has 1 aromatic heterocycles. The van der Waals surface area contributed by atoms with Gasteiger partial charge < -0.3 is 24.7 Å². The third kappa shape index (κ3) is 4.08. The number of carbonyl (C=O) groups is 2. The van der Waals surface area contributed by atoms with E-state index in [0.29, 0.717) is 6.42 Å². The second-order valence-electron chi connectivity index (χ2n) is 6.96. The Morgan fingerprint density at radius 3 is 2.75 bits per heavy atom. The minimum absolute atomic E-state index is 0.0555. The van der Waals surface area contributed by atoms with Gasteiger partial charge in [-0.25, -0.2) is 9.59 Å². The topological polar surface area (TPSA) is 164 Å². The van der Waals surface area contributed by atoms with Crippen LogP contribution in [0.2, 0.25) is 0 Å². The van der Waals surface area contributed by atoms with Gasteiger partial charge in [0.1, 0.15) is 18.8 Å². The number of ether oxygens (including phenoxy) is 4. The maximum absolute atomic E-state index is 12.2. The Labute approximate surface area is 159 Å². The molecule has 0 aliphatic carbocycles. The molecule has 12 nitrogen and oxygen atoms in total. The maximum atomic E-state index is 12.2. The summed E-state index contributed by atoms with van der Waals surface area (Å²) in [5, 5.41) is 8.83. The molecule has 0 unspecified atom stereocenters. The first-order valence-electron chi connectivity index (χ1n) is 8.74. The minimum atomic E-state index is -1.03. The number of nitrogens with two attached hydrogens (primary N) is 1. The van der Waals surface area contributed by atoms with Gasteiger partial charge in [0, 0.05) is 6.20 Å². The van der Waals surface area contributed by atoms with E-state index in [1.54, 1.807) is 5.48 Å². The molecule has 5 atom stereocenters. The molecule has 0 bridgehead atoms. The highest BCUT2D eigenvalue weighted by Gasteiger charge is 2.55. The highest BCUT2D eigenvalue weighted by molar-refractivity contribution is 5.75. The van der Waals surface area contributed by atoms with Gasteiger partial charge in [0.25, 0.3) is 0 Å². The van der Waals surface area contributed by atoms with Crippen LogP contribution >= 0.6 is 0 Å². The molecule has 0 spiro atoms. The summed E-state index contributed by atoms with van der Waals surface area (Å²) in [5.74, 6) is -0.432. The van der Waals surface area contributed by atoms with Crippen molar-refractivity contribution in [3.8, 4) is 0 Å². The van der Waals surface area contributed by atoms with Crippen LogP contribution in [0, 0.1) is 5.92 Å².